The smallest absolute Gasteiger partial charge is 0.246 e. The van der Waals surface area contributed by atoms with Crippen molar-refractivity contribution >= 4 is 10.0 Å². The first kappa shape index (κ1) is 16.3. The van der Waals surface area contributed by atoms with Crippen LogP contribution >= 0.6 is 0 Å². The van der Waals surface area contributed by atoms with Crippen LogP contribution in [0.3, 0.4) is 0 Å². The lowest BCUT2D eigenvalue weighted by molar-refractivity contribution is 0.268. The maximum atomic E-state index is 13.7. The fraction of sp³-hybridized carbons (Fsp3) is 0.571. The maximum Gasteiger partial charge on any atom is 0.246 e. The third kappa shape index (κ3) is 3.78. The summed E-state index contributed by atoms with van der Waals surface area (Å²) in [7, 11) is -3.96. The summed E-state index contributed by atoms with van der Waals surface area (Å²) in [6, 6.07) is 2.51. The van der Waals surface area contributed by atoms with Gasteiger partial charge in [0.1, 0.15) is 16.5 Å². The van der Waals surface area contributed by atoms with Crippen LogP contribution < -0.4 is 5.32 Å². The van der Waals surface area contributed by atoms with E-state index in [2.05, 4.69) is 5.32 Å². The van der Waals surface area contributed by atoms with E-state index in [4.69, 9.17) is 0 Å². The molecule has 1 aromatic carbocycles. The predicted molar refractivity (Wildman–Crippen MR) is 76.4 cm³/mol. The Hall–Kier alpha value is -1.05. The second-order valence-electron chi connectivity index (χ2n) is 5.23. The van der Waals surface area contributed by atoms with Gasteiger partial charge in [0, 0.05) is 13.1 Å². The molecule has 2 rings (SSSR count). The fourth-order valence-electron chi connectivity index (χ4n) is 2.52. The van der Waals surface area contributed by atoms with Crippen molar-refractivity contribution < 1.29 is 17.2 Å². The van der Waals surface area contributed by atoms with Crippen molar-refractivity contribution in [2.75, 3.05) is 26.2 Å². The van der Waals surface area contributed by atoms with E-state index in [0.717, 1.165) is 44.1 Å². The normalized spacial score (nSPS) is 18.0. The number of hydrogen-bond acceptors (Lipinski definition) is 3. The summed E-state index contributed by atoms with van der Waals surface area (Å²) >= 11 is 0. The maximum absolute atomic E-state index is 13.7. The Morgan fingerprint density at radius 2 is 1.95 bits per heavy atom. The van der Waals surface area contributed by atoms with Gasteiger partial charge in [-0.1, -0.05) is 6.92 Å². The fourth-order valence-corrected chi connectivity index (χ4v) is 4.06. The van der Waals surface area contributed by atoms with Crippen LogP contribution in [0.1, 0.15) is 19.8 Å². The van der Waals surface area contributed by atoms with E-state index < -0.39 is 26.6 Å². The van der Waals surface area contributed by atoms with Crippen LogP contribution in [-0.4, -0.2) is 38.9 Å². The zero-order valence-electron chi connectivity index (χ0n) is 12.0. The van der Waals surface area contributed by atoms with Crippen molar-refractivity contribution in [2.45, 2.75) is 24.7 Å². The van der Waals surface area contributed by atoms with E-state index in [1.54, 1.807) is 0 Å². The van der Waals surface area contributed by atoms with Crippen LogP contribution in [0, 0.1) is 17.6 Å². The summed E-state index contributed by atoms with van der Waals surface area (Å²) in [5.74, 6) is -1.24. The minimum Gasteiger partial charge on any atom is -0.317 e. The van der Waals surface area contributed by atoms with Crippen LogP contribution in [0.4, 0.5) is 8.78 Å². The molecule has 0 aliphatic carbocycles. The van der Waals surface area contributed by atoms with Crippen LogP contribution in [0.2, 0.25) is 0 Å². The van der Waals surface area contributed by atoms with Gasteiger partial charge >= 0.3 is 0 Å². The summed E-state index contributed by atoms with van der Waals surface area (Å²) < 4.78 is 52.9. The van der Waals surface area contributed by atoms with Crippen molar-refractivity contribution in [2.24, 2.45) is 5.92 Å². The zero-order chi connectivity index (χ0) is 15.5. The number of benzene rings is 1. The first-order valence-electron chi connectivity index (χ1n) is 7.11. The number of halogens is 2. The van der Waals surface area contributed by atoms with Gasteiger partial charge in [-0.3, -0.25) is 0 Å². The number of rotatable bonds is 5. The molecule has 1 aliphatic heterocycles. The molecule has 1 aliphatic rings. The van der Waals surface area contributed by atoms with Crippen molar-refractivity contribution in [1.82, 2.24) is 9.62 Å². The van der Waals surface area contributed by atoms with Gasteiger partial charge in [0.25, 0.3) is 0 Å². The highest BCUT2D eigenvalue weighted by Gasteiger charge is 2.31. The SMILES string of the molecule is CCNCC1CCN(S(=O)(=O)c2cc(F)ccc2F)CC1. The van der Waals surface area contributed by atoms with Gasteiger partial charge in [-0.25, -0.2) is 17.2 Å². The van der Waals surface area contributed by atoms with Gasteiger partial charge < -0.3 is 5.32 Å². The average molecular weight is 318 g/mol. The minimum absolute atomic E-state index is 0.342. The predicted octanol–water partition coefficient (Wildman–Crippen LogP) is 1.97. The summed E-state index contributed by atoms with van der Waals surface area (Å²) in [5, 5.41) is 3.24. The van der Waals surface area contributed by atoms with Crippen LogP contribution in [0.15, 0.2) is 23.1 Å². The van der Waals surface area contributed by atoms with E-state index in [9.17, 15) is 17.2 Å². The lowest BCUT2D eigenvalue weighted by Crippen LogP contribution is -2.41. The molecule has 0 spiro atoms. The molecule has 0 unspecified atom stereocenters. The standard InChI is InChI=1S/C14H20F2N2O2S/c1-2-17-10-11-5-7-18(8-6-11)21(19,20)14-9-12(15)3-4-13(14)16/h3-4,9,11,17H,2,5-8,10H2,1H3. The van der Waals surface area contributed by atoms with Gasteiger partial charge in [0.05, 0.1) is 0 Å². The highest BCUT2D eigenvalue weighted by atomic mass is 32.2. The van der Waals surface area contributed by atoms with E-state index in [1.165, 1.54) is 4.31 Å². The molecule has 0 saturated carbocycles. The topological polar surface area (TPSA) is 49.4 Å². The minimum atomic E-state index is -3.96. The Morgan fingerprint density at radius 1 is 1.29 bits per heavy atom. The number of piperidine rings is 1. The molecule has 0 amide bonds. The Bertz CT molecular complexity index is 585. The Balaban J connectivity index is 2.10. The first-order valence-corrected chi connectivity index (χ1v) is 8.55. The van der Waals surface area contributed by atoms with Crippen molar-refractivity contribution in [3.63, 3.8) is 0 Å². The number of nitrogens with zero attached hydrogens (tertiary/aromatic N) is 1. The molecule has 7 heteroatoms. The molecular weight excluding hydrogens is 298 g/mol. The lowest BCUT2D eigenvalue weighted by Gasteiger charge is -2.31. The molecule has 1 N–H and O–H groups in total. The third-order valence-corrected chi connectivity index (χ3v) is 5.68. The number of nitrogens with one attached hydrogen (secondary N) is 1. The van der Waals surface area contributed by atoms with Gasteiger partial charge in [-0.05, 0) is 50.0 Å². The molecule has 0 atom stereocenters. The second kappa shape index (κ2) is 6.81. The van der Waals surface area contributed by atoms with Gasteiger partial charge in [-0.2, -0.15) is 4.31 Å². The summed E-state index contributed by atoms with van der Waals surface area (Å²) in [4.78, 5) is -0.576. The first-order chi connectivity index (χ1) is 9.95. The molecule has 118 valence electrons. The Kier molecular flexibility index (Phi) is 5.29. The van der Waals surface area contributed by atoms with Crippen LogP contribution in [0.25, 0.3) is 0 Å². The van der Waals surface area contributed by atoms with Crippen molar-refractivity contribution in [3.8, 4) is 0 Å². The monoisotopic (exact) mass is 318 g/mol. The molecule has 0 bridgehead atoms. The molecule has 0 aromatic heterocycles. The number of sulfonamides is 1. The summed E-state index contributed by atoms with van der Waals surface area (Å²) in [5.41, 5.74) is 0. The van der Waals surface area contributed by atoms with Crippen LogP contribution in [-0.2, 0) is 10.0 Å². The lowest BCUT2D eigenvalue weighted by atomic mass is 9.98. The van der Waals surface area contributed by atoms with E-state index >= 15 is 0 Å². The van der Waals surface area contributed by atoms with E-state index in [0.29, 0.717) is 19.0 Å². The second-order valence-corrected chi connectivity index (χ2v) is 7.14. The zero-order valence-corrected chi connectivity index (χ0v) is 12.8. The molecule has 1 saturated heterocycles. The van der Waals surface area contributed by atoms with E-state index in [-0.39, 0.29) is 0 Å². The van der Waals surface area contributed by atoms with Gasteiger partial charge in [0.2, 0.25) is 10.0 Å². The molecule has 21 heavy (non-hydrogen) atoms. The Morgan fingerprint density at radius 3 is 2.57 bits per heavy atom. The average Bonchev–Trinajstić information content (AvgIpc) is 2.48. The Labute approximate surface area is 124 Å². The molecule has 1 fully saturated rings. The third-order valence-electron chi connectivity index (χ3n) is 3.77. The molecular formula is C14H20F2N2O2S. The summed E-state index contributed by atoms with van der Waals surface area (Å²) in [6.07, 6.45) is 1.45. The van der Waals surface area contributed by atoms with Gasteiger partial charge in [-0.15, -0.1) is 0 Å². The van der Waals surface area contributed by atoms with E-state index in [1.807, 2.05) is 6.92 Å². The highest BCUT2D eigenvalue weighted by molar-refractivity contribution is 7.89. The summed E-state index contributed by atoms with van der Waals surface area (Å²) in [6.45, 7) is 4.45. The molecule has 1 aromatic rings. The highest BCUT2D eigenvalue weighted by Crippen LogP contribution is 2.25. The quantitative estimate of drug-likeness (QED) is 0.903. The van der Waals surface area contributed by atoms with Crippen LogP contribution in [0.5, 0.6) is 0 Å². The number of hydrogen-bond donors (Lipinski definition) is 1. The molecule has 1 heterocycles. The largest absolute Gasteiger partial charge is 0.317 e. The van der Waals surface area contributed by atoms with Crippen molar-refractivity contribution in [1.29, 1.82) is 0 Å². The molecule has 4 nitrogen and oxygen atoms in total. The van der Waals surface area contributed by atoms with Crippen molar-refractivity contribution in [3.05, 3.63) is 29.8 Å². The molecule has 0 radical (unpaired) electrons. The van der Waals surface area contributed by atoms with Gasteiger partial charge in [0.15, 0.2) is 0 Å².